The fourth-order valence-corrected chi connectivity index (χ4v) is 4.59. The highest BCUT2D eigenvalue weighted by atomic mass is 32.1. The molecule has 2 N–H and O–H groups in total. The normalized spacial score (nSPS) is 27.0. The van der Waals surface area contributed by atoms with E-state index in [0.29, 0.717) is 12.3 Å². The maximum Gasteiger partial charge on any atom is 0.306 e. The van der Waals surface area contributed by atoms with Gasteiger partial charge in [0.05, 0.1) is 12.0 Å². The molecule has 0 saturated heterocycles. The highest BCUT2D eigenvalue weighted by Gasteiger charge is 2.42. The molecule has 4 unspecified atom stereocenters. The number of aliphatic carboxylic acids is 1. The van der Waals surface area contributed by atoms with Crippen LogP contribution in [-0.2, 0) is 4.79 Å². The molecule has 0 amide bonds. The molecule has 0 aliphatic heterocycles. The first kappa shape index (κ1) is 14.5. The van der Waals surface area contributed by atoms with Crippen molar-refractivity contribution >= 4 is 27.4 Å². The van der Waals surface area contributed by atoms with Crippen molar-refractivity contribution in [1.82, 2.24) is 0 Å². The van der Waals surface area contributed by atoms with E-state index in [1.54, 1.807) is 11.3 Å². The third kappa shape index (κ3) is 2.58. The van der Waals surface area contributed by atoms with Crippen molar-refractivity contribution in [1.29, 1.82) is 0 Å². The minimum Gasteiger partial charge on any atom is -0.481 e. The standard InChI is InChI=1S/C17H20O3S/c1-2-10-7-12(13(8-10)17(19)20)16(18)14-9-21-15-6-4-3-5-11(14)15/h3-6,9-10,12-13,16,18H,2,7-8H2,1H3,(H,19,20). The van der Waals surface area contributed by atoms with E-state index in [4.69, 9.17) is 0 Å². The molecular formula is C17H20O3S. The first-order valence-corrected chi connectivity index (χ1v) is 8.36. The van der Waals surface area contributed by atoms with E-state index in [0.717, 1.165) is 28.5 Å². The van der Waals surface area contributed by atoms with Gasteiger partial charge in [-0.1, -0.05) is 31.5 Å². The lowest BCUT2D eigenvalue weighted by Gasteiger charge is -2.22. The lowest BCUT2D eigenvalue weighted by atomic mass is 9.87. The molecule has 0 radical (unpaired) electrons. The lowest BCUT2D eigenvalue weighted by molar-refractivity contribution is -0.144. The van der Waals surface area contributed by atoms with Crippen LogP contribution in [0.4, 0.5) is 0 Å². The van der Waals surface area contributed by atoms with Crippen LogP contribution in [0.25, 0.3) is 10.1 Å². The Balaban J connectivity index is 1.93. The topological polar surface area (TPSA) is 57.5 Å². The third-order valence-corrected chi connectivity index (χ3v) is 5.82. The minimum atomic E-state index is -0.769. The predicted octanol–water partition coefficient (Wildman–Crippen LogP) is 4.07. The summed E-state index contributed by atoms with van der Waals surface area (Å²) < 4.78 is 1.14. The molecule has 1 saturated carbocycles. The average molecular weight is 304 g/mol. The van der Waals surface area contributed by atoms with Crippen LogP contribution in [0.1, 0.15) is 37.9 Å². The maximum atomic E-state index is 11.5. The summed E-state index contributed by atoms with van der Waals surface area (Å²) in [5.74, 6) is -0.959. The van der Waals surface area contributed by atoms with Crippen LogP contribution in [0.5, 0.6) is 0 Å². The van der Waals surface area contributed by atoms with Crippen molar-refractivity contribution in [3.8, 4) is 0 Å². The summed E-state index contributed by atoms with van der Waals surface area (Å²) in [7, 11) is 0. The molecule has 1 aliphatic carbocycles. The number of fused-ring (bicyclic) bond motifs is 1. The summed E-state index contributed by atoms with van der Waals surface area (Å²) in [5.41, 5.74) is 0.892. The Kier molecular flexibility index (Phi) is 4.00. The summed E-state index contributed by atoms with van der Waals surface area (Å²) in [6.45, 7) is 2.10. The number of thiophene rings is 1. The molecular weight excluding hydrogens is 284 g/mol. The third-order valence-electron chi connectivity index (χ3n) is 4.84. The van der Waals surface area contributed by atoms with Crippen LogP contribution in [0.2, 0.25) is 0 Å². The summed E-state index contributed by atoms with van der Waals surface area (Å²) in [4.78, 5) is 11.5. The summed E-state index contributed by atoms with van der Waals surface area (Å²) in [6.07, 6.45) is 1.80. The van der Waals surface area contributed by atoms with E-state index in [-0.39, 0.29) is 5.92 Å². The molecule has 0 bridgehead atoms. The number of rotatable bonds is 4. The summed E-state index contributed by atoms with van der Waals surface area (Å²) in [6, 6.07) is 7.99. The lowest BCUT2D eigenvalue weighted by Crippen LogP contribution is -2.23. The fraction of sp³-hybridized carbons (Fsp3) is 0.471. The van der Waals surface area contributed by atoms with Crippen LogP contribution in [-0.4, -0.2) is 16.2 Å². The maximum absolute atomic E-state index is 11.5. The van der Waals surface area contributed by atoms with E-state index in [1.165, 1.54) is 0 Å². The van der Waals surface area contributed by atoms with E-state index in [1.807, 2.05) is 29.6 Å². The molecule has 0 spiro atoms. The van der Waals surface area contributed by atoms with E-state index >= 15 is 0 Å². The first-order valence-electron chi connectivity index (χ1n) is 7.48. The molecule has 1 aromatic heterocycles. The van der Waals surface area contributed by atoms with Gasteiger partial charge in [-0.3, -0.25) is 4.79 Å². The molecule has 4 heteroatoms. The van der Waals surface area contributed by atoms with E-state index in [2.05, 4.69) is 6.92 Å². The van der Waals surface area contributed by atoms with Gasteiger partial charge in [-0.25, -0.2) is 0 Å². The van der Waals surface area contributed by atoms with Gasteiger partial charge in [-0.2, -0.15) is 0 Å². The number of carboxylic acid groups (broad SMARTS) is 1. The van der Waals surface area contributed by atoms with Crippen molar-refractivity contribution in [2.75, 3.05) is 0 Å². The van der Waals surface area contributed by atoms with Gasteiger partial charge < -0.3 is 10.2 Å². The Morgan fingerprint density at radius 1 is 1.38 bits per heavy atom. The Labute approximate surface area is 128 Å². The van der Waals surface area contributed by atoms with Gasteiger partial charge in [0.1, 0.15) is 0 Å². The molecule has 3 nitrogen and oxygen atoms in total. The highest BCUT2D eigenvalue weighted by Crippen LogP contribution is 2.46. The van der Waals surface area contributed by atoms with Crippen molar-refractivity contribution in [3.05, 3.63) is 35.2 Å². The molecule has 2 aromatic rings. The van der Waals surface area contributed by atoms with Crippen LogP contribution in [0, 0.1) is 17.8 Å². The SMILES string of the molecule is CCC1CC(C(=O)O)C(C(O)c2csc3ccccc23)C1. The summed E-state index contributed by atoms with van der Waals surface area (Å²) in [5, 5.41) is 23.3. The zero-order valence-electron chi connectivity index (χ0n) is 12.0. The zero-order chi connectivity index (χ0) is 15.0. The van der Waals surface area contributed by atoms with Crippen LogP contribution < -0.4 is 0 Å². The van der Waals surface area contributed by atoms with Crippen molar-refractivity contribution in [2.24, 2.45) is 17.8 Å². The van der Waals surface area contributed by atoms with Gasteiger partial charge in [-0.05, 0) is 41.2 Å². The number of aliphatic hydroxyl groups is 1. The van der Waals surface area contributed by atoms with Gasteiger partial charge in [0.25, 0.3) is 0 Å². The quantitative estimate of drug-likeness (QED) is 0.895. The first-order chi connectivity index (χ1) is 10.1. The Morgan fingerprint density at radius 3 is 2.86 bits per heavy atom. The number of hydrogen-bond donors (Lipinski definition) is 2. The van der Waals surface area contributed by atoms with E-state index in [9.17, 15) is 15.0 Å². The monoisotopic (exact) mass is 304 g/mol. The smallest absolute Gasteiger partial charge is 0.306 e. The van der Waals surface area contributed by atoms with Gasteiger partial charge >= 0.3 is 5.97 Å². The van der Waals surface area contributed by atoms with Crippen molar-refractivity contribution < 1.29 is 15.0 Å². The number of carboxylic acids is 1. The molecule has 1 heterocycles. The molecule has 112 valence electrons. The van der Waals surface area contributed by atoms with Crippen LogP contribution in [0.3, 0.4) is 0 Å². The number of hydrogen-bond acceptors (Lipinski definition) is 3. The van der Waals surface area contributed by atoms with Gasteiger partial charge in [-0.15, -0.1) is 11.3 Å². The largest absolute Gasteiger partial charge is 0.481 e. The van der Waals surface area contributed by atoms with Gasteiger partial charge in [0.2, 0.25) is 0 Å². The van der Waals surface area contributed by atoms with Crippen molar-refractivity contribution in [3.63, 3.8) is 0 Å². The Morgan fingerprint density at radius 2 is 2.14 bits per heavy atom. The van der Waals surface area contributed by atoms with Crippen LogP contribution in [0.15, 0.2) is 29.6 Å². The fourth-order valence-electron chi connectivity index (χ4n) is 3.60. The zero-order valence-corrected chi connectivity index (χ0v) is 12.8. The van der Waals surface area contributed by atoms with Gasteiger partial charge in [0.15, 0.2) is 0 Å². The number of aliphatic hydroxyl groups excluding tert-OH is 1. The second-order valence-electron chi connectivity index (χ2n) is 5.99. The van der Waals surface area contributed by atoms with Crippen molar-refractivity contribution in [2.45, 2.75) is 32.3 Å². The number of carbonyl (C=O) groups is 1. The average Bonchev–Trinajstić information content (AvgIpc) is 3.10. The van der Waals surface area contributed by atoms with E-state index < -0.39 is 18.0 Å². The van der Waals surface area contributed by atoms with Gasteiger partial charge in [0, 0.05) is 10.6 Å². The molecule has 4 atom stereocenters. The predicted molar refractivity (Wildman–Crippen MR) is 84.4 cm³/mol. The molecule has 21 heavy (non-hydrogen) atoms. The second kappa shape index (κ2) is 5.78. The molecule has 3 rings (SSSR count). The Bertz CT molecular complexity index is 648. The van der Waals surface area contributed by atoms with Crippen LogP contribution >= 0.6 is 11.3 Å². The minimum absolute atomic E-state index is 0.176. The summed E-state index contributed by atoms with van der Waals surface area (Å²) >= 11 is 1.61. The Hall–Kier alpha value is -1.39. The molecule has 1 fully saturated rings. The number of benzene rings is 1. The molecule has 1 aliphatic rings. The highest BCUT2D eigenvalue weighted by molar-refractivity contribution is 7.17. The molecule has 1 aromatic carbocycles. The second-order valence-corrected chi connectivity index (χ2v) is 6.90.